The highest BCUT2D eigenvalue weighted by molar-refractivity contribution is 5.81. The Labute approximate surface area is 111 Å². The van der Waals surface area contributed by atoms with Gasteiger partial charge in [0.05, 0.1) is 11.6 Å². The smallest absolute Gasteiger partial charge is 0.236 e. The zero-order valence-electron chi connectivity index (χ0n) is 12.0. The van der Waals surface area contributed by atoms with Crippen molar-refractivity contribution in [3.8, 4) is 0 Å². The molecule has 1 unspecified atom stereocenters. The number of aliphatic hydroxyl groups is 1. The lowest BCUT2D eigenvalue weighted by atomic mass is 10.0. The topological polar surface area (TPSA) is 61.4 Å². The minimum Gasteiger partial charge on any atom is -0.389 e. The van der Waals surface area contributed by atoms with E-state index < -0.39 is 5.60 Å². The lowest BCUT2D eigenvalue weighted by Gasteiger charge is -2.24. The molecule has 1 aliphatic carbocycles. The third-order valence-corrected chi connectivity index (χ3v) is 3.69. The summed E-state index contributed by atoms with van der Waals surface area (Å²) in [6.07, 6.45) is 4.88. The Morgan fingerprint density at radius 3 is 2.44 bits per heavy atom. The van der Waals surface area contributed by atoms with Crippen molar-refractivity contribution in [2.24, 2.45) is 5.92 Å². The SMILES string of the molecule is CC(C)CCNC(=O)C(C)NCC1(O)CCCC1. The van der Waals surface area contributed by atoms with Crippen LogP contribution >= 0.6 is 0 Å². The lowest BCUT2D eigenvalue weighted by Crippen LogP contribution is -2.48. The molecule has 0 spiro atoms. The molecule has 1 amide bonds. The molecule has 4 nitrogen and oxygen atoms in total. The number of carbonyl (C=O) groups is 1. The van der Waals surface area contributed by atoms with Crippen molar-refractivity contribution >= 4 is 5.91 Å². The van der Waals surface area contributed by atoms with Crippen LogP contribution < -0.4 is 10.6 Å². The summed E-state index contributed by atoms with van der Waals surface area (Å²) in [6, 6.07) is -0.234. The fraction of sp³-hybridized carbons (Fsp3) is 0.929. The summed E-state index contributed by atoms with van der Waals surface area (Å²) in [5.74, 6) is 0.630. The molecule has 0 heterocycles. The van der Waals surface area contributed by atoms with Crippen LogP contribution in [0.5, 0.6) is 0 Å². The number of amides is 1. The minimum atomic E-state index is -0.591. The molecule has 0 aromatic heterocycles. The van der Waals surface area contributed by atoms with E-state index in [1.54, 1.807) is 0 Å². The number of hydrogen-bond acceptors (Lipinski definition) is 3. The van der Waals surface area contributed by atoms with Crippen molar-refractivity contribution < 1.29 is 9.90 Å². The minimum absolute atomic E-state index is 0.0252. The van der Waals surface area contributed by atoms with Crippen molar-refractivity contribution in [1.29, 1.82) is 0 Å². The van der Waals surface area contributed by atoms with Gasteiger partial charge in [0.25, 0.3) is 0 Å². The molecule has 3 N–H and O–H groups in total. The van der Waals surface area contributed by atoms with Gasteiger partial charge in [-0.2, -0.15) is 0 Å². The summed E-state index contributed by atoms with van der Waals surface area (Å²) < 4.78 is 0. The average Bonchev–Trinajstić information content (AvgIpc) is 2.73. The molecular formula is C14H28N2O2. The molecule has 1 aliphatic rings. The van der Waals surface area contributed by atoms with Crippen molar-refractivity contribution in [3.05, 3.63) is 0 Å². The van der Waals surface area contributed by atoms with Crippen LogP contribution in [0, 0.1) is 5.92 Å². The van der Waals surface area contributed by atoms with E-state index >= 15 is 0 Å². The van der Waals surface area contributed by atoms with Gasteiger partial charge < -0.3 is 15.7 Å². The first-order chi connectivity index (χ1) is 8.43. The Hall–Kier alpha value is -0.610. The van der Waals surface area contributed by atoms with Gasteiger partial charge in [0.1, 0.15) is 0 Å². The highest BCUT2D eigenvalue weighted by atomic mass is 16.3. The third-order valence-electron chi connectivity index (χ3n) is 3.69. The van der Waals surface area contributed by atoms with Gasteiger partial charge in [0, 0.05) is 13.1 Å². The number of rotatable bonds is 7. The summed E-state index contributed by atoms with van der Waals surface area (Å²) in [5.41, 5.74) is -0.591. The summed E-state index contributed by atoms with van der Waals surface area (Å²) in [7, 11) is 0. The molecule has 0 aromatic carbocycles. The summed E-state index contributed by atoms with van der Waals surface area (Å²) >= 11 is 0. The van der Waals surface area contributed by atoms with Crippen LogP contribution in [0.4, 0.5) is 0 Å². The normalized spacial score (nSPS) is 20.1. The molecule has 18 heavy (non-hydrogen) atoms. The van der Waals surface area contributed by atoms with E-state index in [2.05, 4.69) is 24.5 Å². The van der Waals surface area contributed by atoms with E-state index in [9.17, 15) is 9.90 Å². The van der Waals surface area contributed by atoms with Gasteiger partial charge in [-0.05, 0) is 32.1 Å². The van der Waals surface area contributed by atoms with Gasteiger partial charge in [-0.25, -0.2) is 0 Å². The fourth-order valence-corrected chi connectivity index (χ4v) is 2.28. The van der Waals surface area contributed by atoms with Crippen molar-refractivity contribution in [1.82, 2.24) is 10.6 Å². The van der Waals surface area contributed by atoms with E-state index in [0.29, 0.717) is 12.5 Å². The second-order valence-corrected chi connectivity index (χ2v) is 6.01. The van der Waals surface area contributed by atoms with Crippen molar-refractivity contribution in [2.45, 2.75) is 64.5 Å². The van der Waals surface area contributed by atoms with Crippen LogP contribution in [-0.2, 0) is 4.79 Å². The average molecular weight is 256 g/mol. The molecule has 106 valence electrons. The van der Waals surface area contributed by atoms with Gasteiger partial charge in [0.2, 0.25) is 5.91 Å². The Morgan fingerprint density at radius 1 is 1.28 bits per heavy atom. The van der Waals surface area contributed by atoms with Crippen LogP contribution in [0.1, 0.15) is 52.9 Å². The van der Waals surface area contributed by atoms with E-state index in [4.69, 9.17) is 0 Å². The molecule has 1 atom stereocenters. The third kappa shape index (κ3) is 5.36. The Balaban J connectivity index is 2.19. The largest absolute Gasteiger partial charge is 0.389 e. The summed E-state index contributed by atoms with van der Waals surface area (Å²) in [5, 5.41) is 16.2. The van der Waals surface area contributed by atoms with Crippen LogP contribution in [0.15, 0.2) is 0 Å². The lowest BCUT2D eigenvalue weighted by molar-refractivity contribution is -0.123. The van der Waals surface area contributed by atoms with Gasteiger partial charge in [0.15, 0.2) is 0 Å². The quantitative estimate of drug-likeness (QED) is 0.646. The van der Waals surface area contributed by atoms with Crippen LogP contribution in [0.3, 0.4) is 0 Å². The van der Waals surface area contributed by atoms with E-state index in [0.717, 1.165) is 38.6 Å². The first-order valence-electron chi connectivity index (χ1n) is 7.16. The number of carbonyl (C=O) groups excluding carboxylic acids is 1. The van der Waals surface area contributed by atoms with Crippen molar-refractivity contribution in [2.75, 3.05) is 13.1 Å². The predicted molar refractivity (Wildman–Crippen MR) is 73.3 cm³/mol. The van der Waals surface area contributed by atoms with Crippen LogP contribution in [0.25, 0.3) is 0 Å². The molecule has 1 fully saturated rings. The Bertz CT molecular complexity index is 261. The van der Waals surface area contributed by atoms with Crippen LogP contribution in [-0.4, -0.2) is 35.7 Å². The molecule has 0 aliphatic heterocycles. The summed E-state index contributed by atoms with van der Waals surface area (Å²) in [4.78, 5) is 11.8. The van der Waals surface area contributed by atoms with Gasteiger partial charge in [-0.3, -0.25) is 4.79 Å². The highest BCUT2D eigenvalue weighted by Crippen LogP contribution is 2.28. The van der Waals surface area contributed by atoms with E-state index in [1.165, 1.54) is 0 Å². The van der Waals surface area contributed by atoms with Gasteiger partial charge in [-0.15, -0.1) is 0 Å². The predicted octanol–water partition coefficient (Wildman–Crippen LogP) is 1.43. The van der Waals surface area contributed by atoms with Gasteiger partial charge >= 0.3 is 0 Å². The van der Waals surface area contributed by atoms with Crippen molar-refractivity contribution in [3.63, 3.8) is 0 Å². The monoisotopic (exact) mass is 256 g/mol. The maximum Gasteiger partial charge on any atom is 0.236 e. The molecule has 0 saturated heterocycles. The molecule has 0 radical (unpaired) electrons. The van der Waals surface area contributed by atoms with E-state index in [1.807, 2.05) is 6.92 Å². The first kappa shape index (κ1) is 15.4. The zero-order valence-corrected chi connectivity index (χ0v) is 12.0. The second-order valence-electron chi connectivity index (χ2n) is 6.01. The first-order valence-corrected chi connectivity index (χ1v) is 7.16. The summed E-state index contributed by atoms with van der Waals surface area (Å²) in [6.45, 7) is 7.38. The molecular weight excluding hydrogens is 228 g/mol. The van der Waals surface area contributed by atoms with E-state index in [-0.39, 0.29) is 11.9 Å². The standard InChI is InChI=1S/C14H28N2O2/c1-11(2)6-9-15-13(17)12(3)16-10-14(18)7-4-5-8-14/h11-12,16,18H,4-10H2,1-3H3,(H,15,17). The zero-order chi connectivity index (χ0) is 13.6. The highest BCUT2D eigenvalue weighted by Gasteiger charge is 2.31. The molecule has 1 rings (SSSR count). The Kier molecular flexibility index (Phi) is 6.09. The number of nitrogens with one attached hydrogen (secondary N) is 2. The second kappa shape index (κ2) is 7.10. The maximum atomic E-state index is 11.8. The Morgan fingerprint density at radius 2 is 1.89 bits per heavy atom. The number of hydrogen-bond donors (Lipinski definition) is 3. The molecule has 0 aromatic rings. The fourth-order valence-electron chi connectivity index (χ4n) is 2.28. The van der Waals surface area contributed by atoms with Crippen LogP contribution in [0.2, 0.25) is 0 Å². The van der Waals surface area contributed by atoms with Gasteiger partial charge in [-0.1, -0.05) is 26.7 Å². The molecule has 4 heteroatoms. The molecule has 0 bridgehead atoms. The molecule has 1 saturated carbocycles. The maximum absolute atomic E-state index is 11.8.